The van der Waals surface area contributed by atoms with Crippen LogP contribution in [0.2, 0.25) is 0 Å². The van der Waals surface area contributed by atoms with Crippen LogP contribution in [0.4, 0.5) is 0 Å². The van der Waals surface area contributed by atoms with Crippen molar-refractivity contribution < 1.29 is 33.6 Å². The maximum atomic E-state index is 12.5. The minimum absolute atomic E-state index is 0.0834. The summed E-state index contributed by atoms with van der Waals surface area (Å²) in [5.41, 5.74) is 1.35. The number of rotatable bonds is 8. The summed E-state index contributed by atoms with van der Waals surface area (Å²) < 4.78 is 21.0. The minimum atomic E-state index is -1.02. The van der Waals surface area contributed by atoms with Gasteiger partial charge in [-0.3, -0.25) is 9.59 Å². The normalized spacial score (nSPS) is 12.9. The van der Waals surface area contributed by atoms with E-state index in [9.17, 15) is 14.7 Å². The maximum absolute atomic E-state index is 12.5. The largest absolute Gasteiger partial charge is 0.493 e. The molecule has 2 N–H and O–H groups in total. The Bertz CT molecular complexity index is 881. The van der Waals surface area contributed by atoms with Gasteiger partial charge in [0.2, 0.25) is 12.7 Å². The highest BCUT2D eigenvalue weighted by Gasteiger charge is 2.21. The number of hydrogen-bond donors (Lipinski definition) is 2. The number of carbonyl (C=O) groups is 2. The first kappa shape index (κ1) is 19.3. The Morgan fingerprint density at radius 2 is 1.82 bits per heavy atom. The first-order valence-electron chi connectivity index (χ1n) is 8.61. The zero-order valence-electron chi connectivity index (χ0n) is 15.6. The van der Waals surface area contributed by atoms with Crippen LogP contribution < -0.4 is 24.3 Å². The molecule has 1 aliphatic heterocycles. The van der Waals surface area contributed by atoms with Crippen molar-refractivity contribution >= 4 is 11.9 Å². The summed E-state index contributed by atoms with van der Waals surface area (Å²) in [4.78, 5) is 23.8. The molecule has 28 heavy (non-hydrogen) atoms. The summed E-state index contributed by atoms with van der Waals surface area (Å²) in [6, 6.07) is 9.59. The van der Waals surface area contributed by atoms with Gasteiger partial charge in [0, 0.05) is 0 Å². The number of nitrogens with one attached hydrogen (secondary N) is 1. The quantitative estimate of drug-likeness (QED) is 0.716. The van der Waals surface area contributed by atoms with E-state index in [-0.39, 0.29) is 25.5 Å². The molecule has 1 amide bonds. The van der Waals surface area contributed by atoms with Crippen molar-refractivity contribution in [2.75, 3.05) is 21.0 Å². The van der Waals surface area contributed by atoms with Crippen LogP contribution >= 0.6 is 0 Å². The van der Waals surface area contributed by atoms with Gasteiger partial charge in [0.25, 0.3) is 0 Å². The lowest BCUT2D eigenvalue weighted by molar-refractivity contribution is -0.137. The second-order valence-corrected chi connectivity index (χ2v) is 6.20. The Morgan fingerprint density at radius 3 is 2.54 bits per heavy atom. The molecule has 2 aromatic rings. The maximum Gasteiger partial charge on any atom is 0.305 e. The van der Waals surface area contributed by atoms with E-state index in [2.05, 4.69) is 5.32 Å². The van der Waals surface area contributed by atoms with Crippen LogP contribution in [-0.2, 0) is 16.0 Å². The first-order chi connectivity index (χ1) is 13.5. The number of ether oxygens (including phenoxy) is 4. The van der Waals surface area contributed by atoms with Gasteiger partial charge >= 0.3 is 5.97 Å². The van der Waals surface area contributed by atoms with Crippen molar-refractivity contribution in [3.05, 3.63) is 47.5 Å². The molecular formula is C20H21NO7. The van der Waals surface area contributed by atoms with Gasteiger partial charge in [-0.1, -0.05) is 12.1 Å². The van der Waals surface area contributed by atoms with Crippen molar-refractivity contribution in [1.82, 2.24) is 5.32 Å². The standard InChI is InChI=1S/C20H21NO7/c1-25-15-6-4-13(9-17(15)26-2)14(10-20(23)24)21-19(22)8-12-3-5-16-18(7-12)28-11-27-16/h3-7,9,14H,8,10-11H2,1-2H3,(H,21,22)(H,23,24). The molecule has 0 fully saturated rings. The summed E-state index contributed by atoms with van der Waals surface area (Å²) in [7, 11) is 3.01. The molecular weight excluding hydrogens is 366 g/mol. The van der Waals surface area contributed by atoms with Crippen LogP contribution in [0, 0.1) is 0 Å². The van der Waals surface area contributed by atoms with Gasteiger partial charge in [-0.05, 0) is 35.4 Å². The molecule has 2 aromatic carbocycles. The molecule has 1 unspecified atom stereocenters. The predicted molar refractivity (Wildman–Crippen MR) is 99.0 cm³/mol. The average Bonchev–Trinajstić information content (AvgIpc) is 3.14. The minimum Gasteiger partial charge on any atom is -0.493 e. The molecule has 8 heteroatoms. The summed E-state index contributed by atoms with van der Waals surface area (Å²) in [6.45, 7) is 0.158. The highest BCUT2D eigenvalue weighted by Crippen LogP contribution is 2.33. The fourth-order valence-electron chi connectivity index (χ4n) is 2.98. The smallest absolute Gasteiger partial charge is 0.305 e. The Balaban J connectivity index is 1.75. The Morgan fingerprint density at radius 1 is 1.07 bits per heavy atom. The van der Waals surface area contributed by atoms with Crippen molar-refractivity contribution in [2.24, 2.45) is 0 Å². The van der Waals surface area contributed by atoms with Crippen LogP contribution in [0.3, 0.4) is 0 Å². The molecule has 1 heterocycles. The van der Waals surface area contributed by atoms with Crippen LogP contribution in [-0.4, -0.2) is 38.0 Å². The van der Waals surface area contributed by atoms with E-state index in [0.717, 1.165) is 5.56 Å². The second kappa shape index (κ2) is 8.51. The third-order valence-electron chi connectivity index (χ3n) is 4.33. The van der Waals surface area contributed by atoms with Gasteiger partial charge in [-0.15, -0.1) is 0 Å². The van der Waals surface area contributed by atoms with Gasteiger partial charge in [-0.25, -0.2) is 0 Å². The summed E-state index contributed by atoms with van der Waals surface area (Å²) in [6.07, 6.45) is -0.178. The van der Waals surface area contributed by atoms with Gasteiger partial charge in [-0.2, -0.15) is 0 Å². The van der Waals surface area contributed by atoms with Crippen LogP contribution in [0.15, 0.2) is 36.4 Å². The van der Waals surface area contributed by atoms with Crippen molar-refractivity contribution in [3.63, 3.8) is 0 Å². The lowest BCUT2D eigenvalue weighted by Gasteiger charge is -2.19. The second-order valence-electron chi connectivity index (χ2n) is 6.20. The first-order valence-corrected chi connectivity index (χ1v) is 8.61. The molecule has 0 aromatic heterocycles. The van der Waals surface area contributed by atoms with E-state index in [1.807, 2.05) is 0 Å². The molecule has 0 saturated heterocycles. The molecule has 0 spiro atoms. The topological polar surface area (TPSA) is 103 Å². The number of carboxylic acid groups (broad SMARTS) is 1. The Hall–Kier alpha value is -3.42. The molecule has 3 rings (SSSR count). The highest BCUT2D eigenvalue weighted by molar-refractivity contribution is 5.80. The van der Waals surface area contributed by atoms with Gasteiger partial charge < -0.3 is 29.4 Å². The van der Waals surface area contributed by atoms with Crippen LogP contribution in [0.25, 0.3) is 0 Å². The van der Waals surface area contributed by atoms with Crippen LogP contribution in [0.1, 0.15) is 23.6 Å². The zero-order valence-corrected chi connectivity index (χ0v) is 15.6. The number of fused-ring (bicyclic) bond motifs is 1. The number of hydrogen-bond acceptors (Lipinski definition) is 6. The monoisotopic (exact) mass is 387 g/mol. The highest BCUT2D eigenvalue weighted by atomic mass is 16.7. The summed E-state index contributed by atoms with van der Waals surface area (Å²) in [5.74, 6) is 0.876. The lowest BCUT2D eigenvalue weighted by Crippen LogP contribution is -2.31. The van der Waals surface area contributed by atoms with E-state index in [1.165, 1.54) is 14.2 Å². The van der Waals surface area contributed by atoms with Gasteiger partial charge in [0.05, 0.1) is 33.1 Å². The lowest BCUT2D eigenvalue weighted by atomic mass is 10.0. The van der Waals surface area contributed by atoms with E-state index in [1.54, 1.807) is 36.4 Å². The summed E-state index contributed by atoms with van der Waals surface area (Å²) >= 11 is 0. The average molecular weight is 387 g/mol. The number of benzene rings is 2. The predicted octanol–water partition coefficient (Wildman–Crippen LogP) is 2.31. The molecule has 0 radical (unpaired) electrons. The van der Waals surface area contributed by atoms with Gasteiger partial charge in [0.15, 0.2) is 23.0 Å². The fraction of sp³-hybridized carbons (Fsp3) is 0.300. The molecule has 0 aliphatic carbocycles. The number of aliphatic carboxylic acids is 1. The van der Waals surface area contributed by atoms with Gasteiger partial charge in [0.1, 0.15) is 0 Å². The number of carbonyl (C=O) groups excluding carboxylic acids is 1. The third-order valence-corrected chi connectivity index (χ3v) is 4.33. The number of carboxylic acids is 1. The van der Waals surface area contributed by atoms with Crippen molar-refractivity contribution in [3.8, 4) is 23.0 Å². The van der Waals surface area contributed by atoms with Crippen molar-refractivity contribution in [2.45, 2.75) is 18.9 Å². The molecule has 0 saturated carbocycles. The molecule has 1 atom stereocenters. The van der Waals surface area contributed by atoms with E-state index in [4.69, 9.17) is 18.9 Å². The molecule has 0 bridgehead atoms. The fourth-order valence-corrected chi connectivity index (χ4v) is 2.98. The SMILES string of the molecule is COc1ccc(C(CC(=O)O)NC(=O)Cc2ccc3c(c2)OCO3)cc1OC. The van der Waals surface area contributed by atoms with Crippen molar-refractivity contribution in [1.29, 1.82) is 0 Å². The Labute approximate surface area is 162 Å². The van der Waals surface area contributed by atoms with E-state index < -0.39 is 12.0 Å². The molecule has 1 aliphatic rings. The number of amides is 1. The Kier molecular flexibility index (Phi) is 5.88. The molecule has 148 valence electrons. The number of methoxy groups -OCH3 is 2. The zero-order chi connectivity index (χ0) is 20.1. The third kappa shape index (κ3) is 4.46. The summed E-state index contributed by atoms with van der Waals surface area (Å²) in [5, 5.41) is 12.0. The van der Waals surface area contributed by atoms with Crippen LogP contribution in [0.5, 0.6) is 23.0 Å². The van der Waals surface area contributed by atoms with E-state index >= 15 is 0 Å². The molecule has 8 nitrogen and oxygen atoms in total. The van der Waals surface area contributed by atoms with E-state index in [0.29, 0.717) is 28.6 Å².